The van der Waals surface area contributed by atoms with E-state index in [-0.39, 0.29) is 5.56 Å². The maximum Gasteiger partial charge on any atom is 0.417 e. The number of piperazine rings is 1. The summed E-state index contributed by atoms with van der Waals surface area (Å²) in [6.07, 6.45) is -3.56. The molecule has 0 bridgehead atoms. The van der Waals surface area contributed by atoms with Gasteiger partial charge in [0.1, 0.15) is 5.82 Å². The minimum Gasteiger partial charge on any atom is -0.478 e. The number of aromatic carboxylic acids is 1. The maximum atomic E-state index is 12.6. The molecule has 1 fully saturated rings. The summed E-state index contributed by atoms with van der Waals surface area (Å²) < 4.78 is 37.8. The van der Waals surface area contributed by atoms with Crippen LogP contribution in [-0.4, -0.2) is 42.2 Å². The molecular weight excluding hydrogens is 335 g/mol. The van der Waals surface area contributed by atoms with Crippen LogP contribution in [0, 0.1) is 0 Å². The second-order valence-electron chi connectivity index (χ2n) is 5.70. The number of carboxylic acid groups (broad SMARTS) is 1. The highest BCUT2D eigenvalue weighted by atomic mass is 19.4. The van der Waals surface area contributed by atoms with Gasteiger partial charge in [-0.15, -0.1) is 0 Å². The van der Waals surface area contributed by atoms with Gasteiger partial charge in [0, 0.05) is 32.4 Å². The van der Waals surface area contributed by atoms with E-state index in [0.717, 1.165) is 12.3 Å². The second kappa shape index (κ2) is 6.62. The van der Waals surface area contributed by atoms with E-state index < -0.39 is 17.7 Å². The Morgan fingerprint density at radius 2 is 1.64 bits per heavy atom. The number of nitrogens with zero attached hydrogens (tertiary/aromatic N) is 3. The van der Waals surface area contributed by atoms with E-state index in [2.05, 4.69) is 4.98 Å². The number of carbonyl (C=O) groups is 1. The molecule has 2 aromatic rings. The van der Waals surface area contributed by atoms with Crippen molar-refractivity contribution in [1.82, 2.24) is 4.98 Å². The van der Waals surface area contributed by atoms with Crippen molar-refractivity contribution in [2.75, 3.05) is 36.0 Å². The molecule has 132 valence electrons. The third-order valence-electron chi connectivity index (χ3n) is 4.15. The Hall–Kier alpha value is -2.77. The van der Waals surface area contributed by atoms with Crippen molar-refractivity contribution in [3.05, 3.63) is 53.7 Å². The predicted octanol–water partition coefficient (Wildman–Crippen LogP) is 3.13. The molecule has 3 rings (SSSR count). The van der Waals surface area contributed by atoms with Crippen LogP contribution in [0.3, 0.4) is 0 Å². The lowest BCUT2D eigenvalue weighted by Gasteiger charge is -2.37. The molecule has 5 nitrogen and oxygen atoms in total. The first kappa shape index (κ1) is 17.1. The molecule has 8 heteroatoms. The number of alkyl halides is 3. The fourth-order valence-corrected chi connectivity index (χ4v) is 2.85. The van der Waals surface area contributed by atoms with Crippen molar-refractivity contribution in [3.8, 4) is 0 Å². The minimum atomic E-state index is -4.40. The molecule has 0 saturated carbocycles. The molecule has 0 atom stereocenters. The van der Waals surface area contributed by atoms with Gasteiger partial charge in [0.25, 0.3) is 0 Å². The average Bonchev–Trinajstić information content (AvgIpc) is 2.61. The Labute approximate surface area is 142 Å². The standard InChI is InChI=1S/C17H16F3N3O2/c18-17(19,20)12-5-6-15(21-11-12)23-9-7-22(8-10-23)14-4-2-1-3-13(14)16(24)25/h1-6,11H,7-10H2,(H,24,25). The number of carboxylic acids is 1. The van der Waals surface area contributed by atoms with Crippen molar-refractivity contribution in [2.45, 2.75) is 6.18 Å². The van der Waals surface area contributed by atoms with Crippen LogP contribution in [0.5, 0.6) is 0 Å². The summed E-state index contributed by atoms with van der Waals surface area (Å²) in [4.78, 5) is 19.1. The predicted molar refractivity (Wildman–Crippen MR) is 87.1 cm³/mol. The number of rotatable bonds is 3. The van der Waals surface area contributed by atoms with Crippen molar-refractivity contribution in [3.63, 3.8) is 0 Å². The lowest BCUT2D eigenvalue weighted by atomic mass is 10.1. The summed E-state index contributed by atoms with van der Waals surface area (Å²) in [5, 5.41) is 9.28. The number of halogens is 3. The van der Waals surface area contributed by atoms with Crippen molar-refractivity contribution in [1.29, 1.82) is 0 Å². The molecule has 1 N–H and O–H groups in total. The Kier molecular flexibility index (Phi) is 4.52. The van der Waals surface area contributed by atoms with E-state index in [4.69, 9.17) is 0 Å². The highest BCUT2D eigenvalue weighted by Crippen LogP contribution is 2.30. The minimum absolute atomic E-state index is 0.239. The highest BCUT2D eigenvalue weighted by molar-refractivity contribution is 5.94. The molecule has 0 amide bonds. The number of benzene rings is 1. The maximum absolute atomic E-state index is 12.6. The van der Waals surface area contributed by atoms with E-state index in [9.17, 15) is 23.1 Å². The quantitative estimate of drug-likeness (QED) is 0.921. The van der Waals surface area contributed by atoms with Crippen LogP contribution in [0.15, 0.2) is 42.6 Å². The molecule has 0 spiro atoms. The van der Waals surface area contributed by atoms with Crippen LogP contribution in [-0.2, 0) is 6.18 Å². The van der Waals surface area contributed by atoms with E-state index in [1.807, 2.05) is 9.80 Å². The van der Waals surface area contributed by atoms with Gasteiger partial charge >= 0.3 is 12.1 Å². The van der Waals surface area contributed by atoms with Crippen molar-refractivity contribution >= 4 is 17.5 Å². The smallest absolute Gasteiger partial charge is 0.417 e. The fraction of sp³-hybridized carbons (Fsp3) is 0.294. The molecule has 1 aromatic carbocycles. The zero-order chi connectivity index (χ0) is 18.0. The first-order valence-electron chi connectivity index (χ1n) is 7.72. The highest BCUT2D eigenvalue weighted by Gasteiger charge is 2.31. The summed E-state index contributed by atoms with van der Waals surface area (Å²) in [7, 11) is 0. The van der Waals surface area contributed by atoms with Crippen LogP contribution >= 0.6 is 0 Å². The van der Waals surface area contributed by atoms with Gasteiger partial charge < -0.3 is 14.9 Å². The van der Waals surface area contributed by atoms with Crippen LogP contribution in [0.1, 0.15) is 15.9 Å². The zero-order valence-corrected chi connectivity index (χ0v) is 13.2. The van der Waals surface area contributed by atoms with Gasteiger partial charge in [0.05, 0.1) is 16.8 Å². The number of pyridine rings is 1. The van der Waals surface area contributed by atoms with E-state index >= 15 is 0 Å². The van der Waals surface area contributed by atoms with E-state index in [0.29, 0.717) is 37.7 Å². The first-order chi connectivity index (χ1) is 11.9. The van der Waals surface area contributed by atoms with Crippen LogP contribution in [0.25, 0.3) is 0 Å². The number of para-hydroxylation sites is 1. The molecule has 2 heterocycles. The Bertz CT molecular complexity index is 754. The molecule has 25 heavy (non-hydrogen) atoms. The van der Waals surface area contributed by atoms with Gasteiger partial charge in [-0.25, -0.2) is 9.78 Å². The number of aromatic nitrogens is 1. The summed E-state index contributed by atoms with van der Waals surface area (Å²) in [5.74, 6) is -0.499. The van der Waals surface area contributed by atoms with Crippen molar-refractivity contribution < 1.29 is 23.1 Å². The molecular formula is C17H16F3N3O2. The third-order valence-corrected chi connectivity index (χ3v) is 4.15. The van der Waals surface area contributed by atoms with Gasteiger partial charge in [0.2, 0.25) is 0 Å². The molecule has 1 aliphatic heterocycles. The summed E-state index contributed by atoms with van der Waals surface area (Å²) in [5.41, 5.74) is 0.115. The summed E-state index contributed by atoms with van der Waals surface area (Å²) in [6.45, 7) is 2.22. The third kappa shape index (κ3) is 3.67. The SMILES string of the molecule is O=C(O)c1ccccc1N1CCN(c2ccc(C(F)(F)F)cn2)CC1. The van der Waals surface area contributed by atoms with Crippen LogP contribution in [0.2, 0.25) is 0 Å². The monoisotopic (exact) mass is 351 g/mol. The second-order valence-corrected chi connectivity index (χ2v) is 5.70. The molecule has 1 aromatic heterocycles. The van der Waals surface area contributed by atoms with E-state index in [1.165, 1.54) is 6.07 Å². The summed E-state index contributed by atoms with van der Waals surface area (Å²) >= 11 is 0. The fourth-order valence-electron chi connectivity index (χ4n) is 2.85. The Morgan fingerprint density at radius 1 is 1.00 bits per heavy atom. The Morgan fingerprint density at radius 3 is 2.20 bits per heavy atom. The first-order valence-corrected chi connectivity index (χ1v) is 7.72. The van der Waals surface area contributed by atoms with Crippen LogP contribution < -0.4 is 9.80 Å². The molecule has 1 aliphatic rings. The summed E-state index contributed by atoms with van der Waals surface area (Å²) in [6, 6.07) is 9.16. The molecule has 0 aliphatic carbocycles. The van der Waals surface area contributed by atoms with Gasteiger partial charge in [-0.05, 0) is 24.3 Å². The average molecular weight is 351 g/mol. The number of hydrogen-bond acceptors (Lipinski definition) is 4. The largest absolute Gasteiger partial charge is 0.478 e. The topological polar surface area (TPSA) is 56.7 Å². The van der Waals surface area contributed by atoms with Gasteiger partial charge in [-0.3, -0.25) is 0 Å². The molecule has 1 saturated heterocycles. The zero-order valence-electron chi connectivity index (χ0n) is 13.2. The Balaban J connectivity index is 1.69. The lowest BCUT2D eigenvalue weighted by Crippen LogP contribution is -2.47. The molecule has 0 unspecified atom stereocenters. The van der Waals surface area contributed by atoms with Crippen LogP contribution in [0.4, 0.5) is 24.7 Å². The van der Waals surface area contributed by atoms with Gasteiger partial charge in [0.15, 0.2) is 0 Å². The lowest BCUT2D eigenvalue weighted by molar-refractivity contribution is -0.137. The molecule has 0 radical (unpaired) electrons. The normalized spacial score (nSPS) is 15.3. The van der Waals surface area contributed by atoms with E-state index in [1.54, 1.807) is 24.3 Å². The van der Waals surface area contributed by atoms with Crippen molar-refractivity contribution in [2.24, 2.45) is 0 Å². The van der Waals surface area contributed by atoms with Gasteiger partial charge in [-0.1, -0.05) is 12.1 Å². The number of hydrogen-bond donors (Lipinski definition) is 1. The van der Waals surface area contributed by atoms with Gasteiger partial charge in [-0.2, -0.15) is 13.2 Å². The number of anilines is 2.